The van der Waals surface area contributed by atoms with E-state index in [4.69, 9.17) is 11.6 Å². The van der Waals surface area contributed by atoms with Gasteiger partial charge in [0.05, 0.1) is 21.2 Å². The monoisotopic (exact) mass is 488 g/mol. The van der Waals surface area contributed by atoms with Crippen LogP contribution in [0.5, 0.6) is 0 Å². The number of sulfonamides is 1. The zero-order valence-corrected chi connectivity index (χ0v) is 19.0. The highest BCUT2D eigenvalue weighted by Crippen LogP contribution is 2.35. The molecule has 0 saturated carbocycles. The normalized spacial score (nSPS) is 17.0. The van der Waals surface area contributed by atoms with Crippen molar-refractivity contribution in [2.45, 2.75) is 50.7 Å². The summed E-state index contributed by atoms with van der Waals surface area (Å²) in [4.78, 5) is 25.3. The van der Waals surface area contributed by atoms with E-state index in [9.17, 15) is 31.2 Å². The summed E-state index contributed by atoms with van der Waals surface area (Å²) in [5.74, 6) is -1.71. The highest BCUT2D eigenvalue weighted by Gasteiger charge is 2.45. The van der Waals surface area contributed by atoms with Crippen LogP contribution >= 0.6 is 11.6 Å². The van der Waals surface area contributed by atoms with Gasteiger partial charge in [0.15, 0.2) is 0 Å². The van der Waals surface area contributed by atoms with Gasteiger partial charge < -0.3 is 5.32 Å². The molecule has 0 unspecified atom stereocenters. The van der Waals surface area contributed by atoms with Crippen LogP contribution in [-0.4, -0.2) is 30.6 Å². The van der Waals surface area contributed by atoms with Crippen molar-refractivity contribution in [1.29, 1.82) is 0 Å². The molecule has 0 bridgehead atoms. The SMILES string of the molecule is Cc1cc(C)c(S(=O)(=O)N2C(=O)CC[C@@H]2C(=O)Nc2cc(C(F)(F)F)ccc2Cl)c(C)c1. The zero-order valence-electron chi connectivity index (χ0n) is 17.4. The van der Waals surface area contributed by atoms with Crippen molar-refractivity contribution >= 4 is 39.1 Å². The molecular weight excluding hydrogens is 469 g/mol. The summed E-state index contributed by atoms with van der Waals surface area (Å²) in [6.07, 6.45) is -4.97. The molecule has 6 nitrogen and oxygen atoms in total. The first-order valence-electron chi connectivity index (χ1n) is 9.56. The third-order valence-corrected chi connectivity index (χ3v) is 7.60. The van der Waals surface area contributed by atoms with E-state index in [-0.39, 0.29) is 28.4 Å². The topological polar surface area (TPSA) is 83.6 Å². The van der Waals surface area contributed by atoms with Crippen molar-refractivity contribution in [2.75, 3.05) is 5.32 Å². The molecule has 1 saturated heterocycles. The predicted molar refractivity (Wildman–Crippen MR) is 113 cm³/mol. The van der Waals surface area contributed by atoms with Crippen molar-refractivity contribution in [3.63, 3.8) is 0 Å². The number of benzene rings is 2. The molecule has 1 aliphatic rings. The van der Waals surface area contributed by atoms with E-state index in [0.29, 0.717) is 21.5 Å². The van der Waals surface area contributed by atoms with Gasteiger partial charge in [-0.3, -0.25) is 9.59 Å². The van der Waals surface area contributed by atoms with E-state index in [2.05, 4.69) is 5.32 Å². The number of nitrogens with zero attached hydrogens (tertiary/aromatic N) is 1. The number of anilines is 1. The van der Waals surface area contributed by atoms with Crippen molar-refractivity contribution in [3.05, 3.63) is 57.6 Å². The van der Waals surface area contributed by atoms with E-state index in [1.807, 2.05) is 0 Å². The van der Waals surface area contributed by atoms with Crippen LogP contribution < -0.4 is 5.32 Å². The minimum atomic E-state index is -4.66. The smallest absolute Gasteiger partial charge is 0.323 e. The molecule has 0 radical (unpaired) electrons. The Labute approximate surface area is 188 Å². The molecule has 1 heterocycles. The number of aryl methyl sites for hydroxylation is 3. The first kappa shape index (κ1) is 24.1. The number of alkyl halides is 3. The number of carbonyl (C=O) groups excluding carboxylic acids is 2. The minimum Gasteiger partial charge on any atom is -0.323 e. The van der Waals surface area contributed by atoms with Gasteiger partial charge in [-0.05, 0) is 56.5 Å². The van der Waals surface area contributed by atoms with E-state index in [1.165, 1.54) is 0 Å². The zero-order chi connectivity index (χ0) is 24.0. The van der Waals surface area contributed by atoms with Crippen LogP contribution in [-0.2, 0) is 25.8 Å². The Morgan fingerprint density at radius 2 is 1.72 bits per heavy atom. The van der Waals surface area contributed by atoms with Gasteiger partial charge >= 0.3 is 6.18 Å². The maximum absolute atomic E-state index is 13.4. The number of hydrogen-bond acceptors (Lipinski definition) is 4. The maximum atomic E-state index is 13.4. The van der Waals surface area contributed by atoms with Gasteiger partial charge in [0.2, 0.25) is 11.8 Å². The molecule has 1 fully saturated rings. The van der Waals surface area contributed by atoms with Crippen LogP contribution in [0.25, 0.3) is 0 Å². The van der Waals surface area contributed by atoms with Gasteiger partial charge in [0, 0.05) is 6.42 Å². The molecule has 11 heteroatoms. The highest BCUT2D eigenvalue weighted by molar-refractivity contribution is 7.89. The quantitative estimate of drug-likeness (QED) is 0.681. The van der Waals surface area contributed by atoms with Gasteiger partial charge in [-0.25, -0.2) is 12.7 Å². The number of nitrogens with one attached hydrogen (secondary N) is 1. The lowest BCUT2D eigenvalue weighted by Gasteiger charge is -2.25. The summed E-state index contributed by atoms with van der Waals surface area (Å²) in [6.45, 7) is 4.97. The van der Waals surface area contributed by atoms with Crippen LogP contribution in [0.4, 0.5) is 18.9 Å². The van der Waals surface area contributed by atoms with E-state index in [1.54, 1.807) is 32.9 Å². The summed E-state index contributed by atoms with van der Waals surface area (Å²) >= 11 is 5.92. The molecule has 2 aromatic carbocycles. The number of rotatable bonds is 4. The Morgan fingerprint density at radius 3 is 2.28 bits per heavy atom. The van der Waals surface area contributed by atoms with Gasteiger partial charge in [-0.15, -0.1) is 0 Å². The van der Waals surface area contributed by atoms with Gasteiger partial charge in [-0.1, -0.05) is 29.3 Å². The van der Waals surface area contributed by atoms with Gasteiger partial charge in [-0.2, -0.15) is 13.2 Å². The van der Waals surface area contributed by atoms with Crippen LogP contribution in [0.3, 0.4) is 0 Å². The third kappa shape index (κ3) is 4.47. The lowest BCUT2D eigenvalue weighted by Crippen LogP contribution is -2.45. The molecule has 1 N–H and O–H groups in total. The second-order valence-electron chi connectivity index (χ2n) is 7.66. The predicted octanol–water partition coefficient (Wildman–Crippen LogP) is 4.60. The summed E-state index contributed by atoms with van der Waals surface area (Å²) in [5, 5.41) is 2.09. The number of halogens is 4. The fraction of sp³-hybridized carbons (Fsp3) is 0.333. The molecule has 172 valence electrons. The van der Waals surface area contributed by atoms with Crippen molar-refractivity contribution in [2.24, 2.45) is 0 Å². The van der Waals surface area contributed by atoms with E-state index in [0.717, 1.165) is 17.7 Å². The number of hydrogen-bond donors (Lipinski definition) is 1. The van der Waals surface area contributed by atoms with E-state index >= 15 is 0 Å². The van der Waals surface area contributed by atoms with Crippen molar-refractivity contribution in [1.82, 2.24) is 4.31 Å². The van der Waals surface area contributed by atoms with Crippen LogP contribution in [0, 0.1) is 20.8 Å². The summed E-state index contributed by atoms with van der Waals surface area (Å²) in [7, 11) is -4.38. The Bertz CT molecular complexity index is 1190. The first-order valence-corrected chi connectivity index (χ1v) is 11.4. The van der Waals surface area contributed by atoms with Gasteiger partial charge in [0.1, 0.15) is 6.04 Å². The Hall–Kier alpha value is -2.59. The van der Waals surface area contributed by atoms with Crippen molar-refractivity contribution in [3.8, 4) is 0 Å². The molecule has 0 aromatic heterocycles. The Kier molecular flexibility index (Phi) is 6.32. The fourth-order valence-corrected chi connectivity index (χ4v) is 6.07. The number of carbonyl (C=O) groups is 2. The lowest BCUT2D eigenvalue weighted by molar-refractivity contribution is -0.137. The Balaban J connectivity index is 1.97. The maximum Gasteiger partial charge on any atom is 0.416 e. The number of amides is 2. The molecule has 1 aliphatic heterocycles. The second-order valence-corrected chi connectivity index (χ2v) is 9.82. The van der Waals surface area contributed by atoms with E-state index < -0.39 is 39.6 Å². The van der Waals surface area contributed by atoms with Crippen LogP contribution in [0.1, 0.15) is 35.1 Å². The largest absolute Gasteiger partial charge is 0.416 e. The average molecular weight is 489 g/mol. The molecule has 2 amide bonds. The van der Waals surface area contributed by atoms with Gasteiger partial charge in [0.25, 0.3) is 10.0 Å². The highest BCUT2D eigenvalue weighted by atomic mass is 35.5. The summed E-state index contributed by atoms with van der Waals surface area (Å²) < 4.78 is 66.3. The van der Waals surface area contributed by atoms with Crippen LogP contribution in [0.15, 0.2) is 35.2 Å². The Morgan fingerprint density at radius 1 is 1.12 bits per heavy atom. The third-order valence-electron chi connectivity index (χ3n) is 5.14. The minimum absolute atomic E-state index is 0.0757. The lowest BCUT2D eigenvalue weighted by atomic mass is 10.1. The fourth-order valence-electron chi connectivity index (χ4n) is 3.89. The molecule has 0 aliphatic carbocycles. The van der Waals surface area contributed by atoms with Crippen molar-refractivity contribution < 1.29 is 31.2 Å². The first-order chi connectivity index (χ1) is 14.7. The molecule has 3 rings (SSSR count). The molecule has 1 atom stereocenters. The molecule has 0 spiro atoms. The molecular formula is C21H20ClF3N2O4S. The standard InChI is InChI=1S/C21H20ClF3N2O4S/c1-11-8-12(2)19(13(3)9-11)32(30,31)27-17(6-7-18(27)28)20(29)26-16-10-14(21(23,24)25)4-5-15(16)22/h4-5,8-10,17H,6-7H2,1-3H3,(H,26,29)/t17-/m1/s1. The molecule has 2 aromatic rings. The summed E-state index contributed by atoms with van der Waals surface area (Å²) in [6, 6.07) is 4.28. The summed E-state index contributed by atoms with van der Waals surface area (Å²) in [5.41, 5.74) is 0.311. The second kappa shape index (κ2) is 8.40. The molecule has 32 heavy (non-hydrogen) atoms. The van der Waals surface area contributed by atoms with Crippen LogP contribution in [0.2, 0.25) is 5.02 Å². The average Bonchev–Trinajstić information content (AvgIpc) is 3.04.